The quantitative estimate of drug-likeness (QED) is 0.336. The molecule has 0 N–H and O–H groups in total. The number of carbonyl (C=O) groups is 1. The number of benzene rings is 1. The zero-order valence-corrected chi connectivity index (χ0v) is 23.0. The van der Waals surface area contributed by atoms with Gasteiger partial charge in [0.15, 0.2) is 0 Å². The van der Waals surface area contributed by atoms with Crippen molar-refractivity contribution < 1.29 is 18.7 Å². The standard InChI is InChI=1S/C28H24ClFN6O4/c1-14(2)35-22(19-12-32-28(40-5)33-25(19)39-4)10-18-24(35)23(15-6-7-16(11-31)21(30)8-15)36(26(18)37)17-9-20(29)27(38)34(3)13-17/h6-10,12-14,23H,1-5H3. The Labute approximate surface area is 233 Å². The van der Waals surface area contributed by atoms with Gasteiger partial charge < -0.3 is 18.6 Å². The molecule has 0 spiro atoms. The fraction of sp³-hybridized carbons (Fsp3) is 0.250. The Morgan fingerprint density at radius 2 is 1.88 bits per heavy atom. The van der Waals surface area contributed by atoms with Crippen LogP contribution in [-0.4, -0.2) is 39.2 Å². The summed E-state index contributed by atoms with van der Waals surface area (Å²) in [4.78, 5) is 36.4. The van der Waals surface area contributed by atoms with E-state index in [1.165, 1.54) is 55.1 Å². The third-order valence-corrected chi connectivity index (χ3v) is 7.05. The summed E-state index contributed by atoms with van der Waals surface area (Å²) in [5, 5.41) is 9.22. The molecule has 0 saturated heterocycles. The number of methoxy groups -OCH3 is 2. The molecular weight excluding hydrogens is 539 g/mol. The molecule has 0 radical (unpaired) electrons. The van der Waals surface area contributed by atoms with Gasteiger partial charge in [-0.1, -0.05) is 17.7 Å². The zero-order valence-electron chi connectivity index (χ0n) is 22.3. The van der Waals surface area contributed by atoms with Gasteiger partial charge in [0, 0.05) is 25.5 Å². The van der Waals surface area contributed by atoms with E-state index in [1.807, 2.05) is 24.5 Å². The van der Waals surface area contributed by atoms with Crippen LogP contribution in [0.1, 0.15) is 53.1 Å². The largest absolute Gasteiger partial charge is 0.480 e. The van der Waals surface area contributed by atoms with Gasteiger partial charge in [0.25, 0.3) is 11.5 Å². The van der Waals surface area contributed by atoms with Crippen LogP contribution < -0.4 is 19.9 Å². The summed E-state index contributed by atoms with van der Waals surface area (Å²) in [6, 6.07) is 8.33. The van der Waals surface area contributed by atoms with E-state index in [1.54, 1.807) is 18.3 Å². The number of nitriles is 1. The first-order valence-corrected chi connectivity index (χ1v) is 12.6. The first-order valence-electron chi connectivity index (χ1n) is 12.2. The van der Waals surface area contributed by atoms with Crippen molar-refractivity contribution in [3.63, 3.8) is 0 Å². The van der Waals surface area contributed by atoms with Crippen molar-refractivity contribution in [3.8, 4) is 29.2 Å². The van der Waals surface area contributed by atoms with Crippen molar-refractivity contribution in [2.45, 2.75) is 25.9 Å². The molecule has 0 saturated carbocycles. The molecule has 40 heavy (non-hydrogen) atoms. The Morgan fingerprint density at radius 1 is 1.12 bits per heavy atom. The monoisotopic (exact) mass is 562 g/mol. The molecule has 12 heteroatoms. The van der Waals surface area contributed by atoms with Crippen LogP contribution in [0.2, 0.25) is 5.02 Å². The molecule has 10 nitrogen and oxygen atoms in total. The molecule has 1 unspecified atom stereocenters. The third-order valence-electron chi connectivity index (χ3n) is 6.78. The maximum absolute atomic E-state index is 14.9. The number of amides is 1. The maximum Gasteiger partial charge on any atom is 0.319 e. The van der Waals surface area contributed by atoms with Gasteiger partial charge in [0.05, 0.1) is 48.0 Å². The number of pyridine rings is 1. The molecule has 0 aliphatic carbocycles. The van der Waals surface area contributed by atoms with Crippen LogP contribution in [0.25, 0.3) is 11.3 Å². The van der Waals surface area contributed by atoms with E-state index in [4.69, 9.17) is 21.1 Å². The van der Waals surface area contributed by atoms with E-state index in [-0.39, 0.29) is 34.4 Å². The van der Waals surface area contributed by atoms with Crippen LogP contribution in [0.3, 0.4) is 0 Å². The second-order valence-corrected chi connectivity index (χ2v) is 9.87. The summed E-state index contributed by atoms with van der Waals surface area (Å²) in [7, 11) is 4.45. The van der Waals surface area contributed by atoms with Crippen LogP contribution in [-0.2, 0) is 7.05 Å². The topological polar surface area (TPSA) is 115 Å². The van der Waals surface area contributed by atoms with Gasteiger partial charge in [-0.3, -0.25) is 14.5 Å². The lowest BCUT2D eigenvalue weighted by Gasteiger charge is -2.29. The molecule has 1 aliphatic rings. The highest BCUT2D eigenvalue weighted by Gasteiger charge is 2.44. The second kappa shape index (κ2) is 10.1. The van der Waals surface area contributed by atoms with Gasteiger partial charge in [-0.15, -0.1) is 0 Å². The number of rotatable bonds is 6. The summed E-state index contributed by atoms with van der Waals surface area (Å²) in [6.07, 6.45) is 3.06. The first kappa shape index (κ1) is 26.9. The molecule has 5 rings (SSSR count). The lowest BCUT2D eigenvalue weighted by Crippen LogP contribution is -2.31. The van der Waals surface area contributed by atoms with Crippen molar-refractivity contribution in [2.24, 2.45) is 7.05 Å². The van der Waals surface area contributed by atoms with Crippen LogP contribution in [0.5, 0.6) is 11.9 Å². The predicted molar refractivity (Wildman–Crippen MR) is 145 cm³/mol. The number of nitrogens with zero attached hydrogens (tertiary/aromatic N) is 6. The molecule has 3 aromatic heterocycles. The Morgan fingerprint density at radius 3 is 2.48 bits per heavy atom. The maximum atomic E-state index is 14.9. The number of aryl methyl sites for hydroxylation is 1. The first-order chi connectivity index (χ1) is 19.1. The predicted octanol–water partition coefficient (Wildman–Crippen LogP) is 4.66. The SMILES string of the molecule is COc1ncc(-c2cc3c(n2C(C)C)C(c2ccc(C#N)c(F)c2)N(c2cc(Cl)c(=O)n(C)c2)C3=O)c(OC)n1. The number of fused-ring (bicyclic) bond motifs is 1. The van der Waals surface area contributed by atoms with Crippen LogP contribution in [0, 0.1) is 17.1 Å². The van der Waals surface area contributed by atoms with Crippen molar-refractivity contribution >= 4 is 23.2 Å². The Kier molecular flexibility index (Phi) is 6.81. The summed E-state index contributed by atoms with van der Waals surface area (Å²) < 4.78 is 28.8. The molecule has 4 heterocycles. The van der Waals surface area contributed by atoms with E-state index in [0.717, 1.165) is 0 Å². The fourth-order valence-electron chi connectivity index (χ4n) is 5.06. The number of carbonyl (C=O) groups excluding carboxylic acids is 1. The highest BCUT2D eigenvalue weighted by atomic mass is 35.5. The highest BCUT2D eigenvalue weighted by molar-refractivity contribution is 6.30. The third kappa shape index (κ3) is 4.17. The van der Waals surface area contributed by atoms with E-state index in [9.17, 15) is 19.2 Å². The summed E-state index contributed by atoms with van der Waals surface area (Å²) in [5.74, 6) is -0.846. The smallest absolute Gasteiger partial charge is 0.319 e. The lowest BCUT2D eigenvalue weighted by atomic mass is 10.0. The molecule has 1 aliphatic heterocycles. The summed E-state index contributed by atoms with van der Waals surface area (Å²) >= 11 is 6.22. The number of anilines is 1. The Balaban J connectivity index is 1.81. The minimum Gasteiger partial charge on any atom is -0.480 e. The lowest BCUT2D eigenvalue weighted by molar-refractivity contribution is 0.0993. The molecule has 0 bridgehead atoms. The van der Waals surface area contributed by atoms with Gasteiger partial charge in [0.2, 0.25) is 5.88 Å². The van der Waals surface area contributed by atoms with E-state index >= 15 is 0 Å². The highest BCUT2D eigenvalue weighted by Crippen LogP contribution is 2.47. The van der Waals surface area contributed by atoms with Gasteiger partial charge in [-0.05, 0) is 43.7 Å². The summed E-state index contributed by atoms with van der Waals surface area (Å²) in [6.45, 7) is 3.90. The average Bonchev–Trinajstić information content (AvgIpc) is 3.46. The van der Waals surface area contributed by atoms with Gasteiger partial charge in [-0.2, -0.15) is 10.2 Å². The molecule has 0 fully saturated rings. The molecule has 1 atom stereocenters. The normalized spacial score (nSPS) is 14.4. The Bertz CT molecular complexity index is 1750. The average molecular weight is 563 g/mol. The minimum absolute atomic E-state index is 0.0679. The molecular formula is C28H24ClFN6O4. The Hall–Kier alpha value is -4.69. The van der Waals surface area contributed by atoms with Crippen molar-refractivity contribution in [3.05, 3.63) is 86.3 Å². The number of halogens is 2. The number of ether oxygens (including phenoxy) is 2. The van der Waals surface area contributed by atoms with Crippen molar-refractivity contribution in [2.75, 3.05) is 19.1 Å². The minimum atomic E-state index is -0.820. The van der Waals surface area contributed by atoms with Gasteiger partial charge in [-0.25, -0.2) is 9.37 Å². The fourth-order valence-corrected chi connectivity index (χ4v) is 5.30. The molecule has 204 valence electrons. The van der Waals surface area contributed by atoms with E-state index in [0.29, 0.717) is 33.8 Å². The molecule has 4 aromatic rings. The van der Waals surface area contributed by atoms with Crippen molar-refractivity contribution in [1.29, 1.82) is 5.26 Å². The second-order valence-electron chi connectivity index (χ2n) is 9.46. The van der Waals surface area contributed by atoms with Gasteiger partial charge in [0.1, 0.15) is 23.0 Å². The van der Waals surface area contributed by atoms with E-state index in [2.05, 4.69) is 9.97 Å². The van der Waals surface area contributed by atoms with Crippen molar-refractivity contribution in [1.82, 2.24) is 19.1 Å². The summed E-state index contributed by atoms with van der Waals surface area (Å²) in [5.41, 5.74) is 2.33. The number of aromatic nitrogens is 4. The van der Waals surface area contributed by atoms with Crippen LogP contribution >= 0.6 is 11.6 Å². The number of hydrogen-bond donors (Lipinski definition) is 0. The van der Waals surface area contributed by atoms with E-state index < -0.39 is 17.4 Å². The van der Waals surface area contributed by atoms with Crippen LogP contribution in [0.15, 0.2) is 47.5 Å². The zero-order chi connectivity index (χ0) is 28.9. The molecule has 1 amide bonds. The molecule has 1 aromatic carbocycles. The number of hydrogen-bond acceptors (Lipinski definition) is 7. The van der Waals surface area contributed by atoms with Crippen LogP contribution in [0.4, 0.5) is 10.1 Å². The van der Waals surface area contributed by atoms with Gasteiger partial charge >= 0.3 is 6.01 Å².